The number of anilines is 2. The minimum absolute atomic E-state index is 0.141. The molecule has 34 heavy (non-hydrogen) atoms. The smallest absolute Gasteiger partial charge is 0.317 e. The third-order valence-corrected chi connectivity index (χ3v) is 5.84. The predicted octanol–water partition coefficient (Wildman–Crippen LogP) is 3.86. The molecule has 2 heterocycles. The first-order chi connectivity index (χ1) is 16.5. The Morgan fingerprint density at radius 1 is 0.971 bits per heavy atom. The Morgan fingerprint density at radius 2 is 1.71 bits per heavy atom. The van der Waals surface area contributed by atoms with Crippen molar-refractivity contribution in [2.75, 3.05) is 42.9 Å². The van der Waals surface area contributed by atoms with Gasteiger partial charge in [0.15, 0.2) is 0 Å². The normalized spacial score (nSPS) is 13.5. The summed E-state index contributed by atoms with van der Waals surface area (Å²) >= 11 is 0. The van der Waals surface area contributed by atoms with Crippen LogP contribution in [0, 0.1) is 12.7 Å². The third-order valence-electron chi connectivity index (χ3n) is 5.84. The lowest BCUT2D eigenvalue weighted by molar-refractivity contribution is 0.102. The van der Waals surface area contributed by atoms with E-state index < -0.39 is 0 Å². The molecule has 4 rings (SSSR count). The van der Waals surface area contributed by atoms with Gasteiger partial charge in [0.2, 0.25) is 0 Å². The van der Waals surface area contributed by atoms with Crippen LogP contribution in [-0.4, -0.2) is 54.5 Å². The molecule has 1 saturated heterocycles. The number of aromatic nitrogens is 1. The second-order valence-electron chi connectivity index (χ2n) is 8.27. The minimum Gasteiger partial charge on any atom is -0.353 e. The lowest BCUT2D eigenvalue weighted by atomic mass is 10.1. The Labute approximate surface area is 198 Å². The molecule has 0 unspecified atom stereocenters. The van der Waals surface area contributed by atoms with Gasteiger partial charge in [-0.1, -0.05) is 35.9 Å². The summed E-state index contributed by atoms with van der Waals surface area (Å²) in [5.41, 5.74) is 2.92. The Bertz CT molecular complexity index is 1130. The van der Waals surface area contributed by atoms with Crippen LogP contribution in [0.2, 0.25) is 0 Å². The van der Waals surface area contributed by atoms with Crippen molar-refractivity contribution in [3.05, 3.63) is 89.4 Å². The molecule has 8 heteroatoms. The number of urea groups is 1. The molecule has 0 aliphatic carbocycles. The summed E-state index contributed by atoms with van der Waals surface area (Å²) in [5.74, 6) is 0.371. The monoisotopic (exact) mass is 461 g/mol. The van der Waals surface area contributed by atoms with Crippen molar-refractivity contribution in [1.82, 2.24) is 15.2 Å². The minimum atomic E-state index is -0.251. The van der Waals surface area contributed by atoms with Gasteiger partial charge in [-0.3, -0.25) is 4.79 Å². The number of hydrogen-bond donors (Lipinski definition) is 2. The second-order valence-corrected chi connectivity index (χ2v) is 8.27. The van der Waals surface area contributed by atoms with E-state index in [0.29, 0.717) is 56.0 Å². The molecule has 1 aromatic heterocycles. The number of rotatable bonds is 6. The highest BCUT2D eigenvalue weighted by Gasteiger charge is 2.21. The van der Waals surface area contributed by atoms with Crippen LogP contribution in [0.1, 0.15) is 21.5 Å². The fourth-order valence-electron chi connectivity index (χ4n) is 3.81. The third kappa shape index (κ3) is 5.89. The van der Waals surface area contributed by atoms with E-state index in [1.54, 1.807) is 41.4 Å². The van der Waals surface area contributed by atoms with Crippen LogP contribution >= 0.6 is 0 Å². The summed E-state index contributed by atoms with van der Waals surface area (Å²) in [6.45, 7) is 4.81. The Morgan fingerprint density at radius 3 is 2.38 bits per heavy atom. The second kappa shape index (κ2) is 10.8. The number of halogens is 1. The van der Waals surface area contributed by atoms with E-state index >= 15 is 0 Å². The number of nitrogens with one attached hydrogen (secondary N) is 2. The molecule has 7 nitrogen and oxygen atoms in total. The molecule has 1 aliphatic rings. The number of aryl methyl sites for hydroxylation is 1. The summed E-state index contributed by atoms with van der Waals surface area (Å²) in [5, 5.41) is 5.73. The zero-order valence-electron chi connectivity index (χ0n) is 19.1. The van der Waals surface area contributed by atoms with Crippen molar-refractivity contribution in [2.45, 2.75) is 13.3 Å². The first-order valence-electron chi connectivity index (χ1n) is 11.3. The molecule has 0 spiro atoms. The van der Waals surface area contributed by atoms with E-state index in [4.69, 9.17) is 0 Å². The van der Waals surface area contributed by atoms with Crippen LogP contribution in [0.5, 0.6) is 0 Å². The molecular weight excluding hydrogens is 433 g/mol. The van der Waals surface area contributed by atoms with E-state index in [1.807, 2.05) is 31.2 Å². The Kier molecular flexibility index (Phi) is 7.37. The Balaban J connectivity index is 1.23. The zero-order chi connectivity index (χ0) is 23.9. The van der Waals surface area contributed by atoms with Crippen LogP contribution in [0.15, 0.2) is 66.9 Å². The standard InChI is InChI=1S/C26H28FN5O2/c1-19-6-8-21(9-7-19)25(33)30-22-10-11-24(29-18-22)31-14-16-32(17-15-31)26(34)28-13-12-20-4-2-3-5-23(20)27/h2-11,18H,12-17H2,1H3,(H,28,34)(H,30,33). The van der Waals surface area contributed by atoms with E-state index in [1.165, 1.54) is 6.07 Å². The molecule has 3 amide bonds. The van der Waals surface area contributed by atoms with Crippen molar-refractivity contribution >= 4 is 23.4 Å². The van der Waals surface area contributed by atoms with Crippen LogP contribution < -0.4 is 15.5 Å². The molecule has 2 aromatic carbocycles. The van der Waals surface area contributed by atoms with E-state index in [0.717, 1.165) is 11.4 Å². The molecule has 2 N–H and O–H groups in total. The number of nitrogens with zero attached hydrogens (tertiary/aromatic N) is 3. The van der Waals surface area contributed by atoms with Crippen LogP contribution in [0.3, 0.4) is 0 Å². The van der Waals surface area contributed by atoms with Gasteiger partial charge in [-0.15, -0.1) is 0 Å². The number of amides is 3. The lowest BCUT2D eigenvalue weighted by Crippen LogP contribution is -2.52. The van der Waals surface area contributed by atoms with Crippen molar-refractivity contribution in [1.29, 1.82) is 0 Å². The number of carbonyl (C=O) groups is 2. The Hall–Kier alpha value is -3.94. The van der Waals surface area contributed by atoms with E-state index in [9.17, 15) is 14.0 Å². The topological polar surface area (TPSA) is 77.6 Å². The molecule has 176 valence electrons. The van der Waals surface area contributed by atoms with Crippen LogP contribution in [0.4, 0.5) is 20.7 Å². The van der Waals surface area contributed by atoms with Gasteiger partial charge >= 0.3 is 6.03 Å². The van der Waals surface area contributed by atoms with Crippen molar-refractivity contribution in [3.63, 3.8) is 0 Å². The number of carbonyl (C=O) groups excluding carboxylic acids is 2. The molecular formula is C26H28FN5O2. The largest absolute Gasteiger partial charge is 0.353 e. The van der Waals surface area contributed by atoms with Gasteiger partial charge < -0.3 is 20.4 Å². The van der Waals surface area contributed by atoms with E-state index in [-0.39, 0.29) is 17.8 Å². The molecule has 0 radical (unpaired) electrons. The van der Waals surface area contributed by atoms with Gasteiger partial charge in [0.1, 0.15) is 11.6 Å². The van der Waals surface area contributed by atoms with Crippen molar-refractivity contribution < 1.29 is 14.0 Å². The molecule has 1 fully saturated rings. The summed E-state index contributed by atoms with van der Waals surface area (Å²) in [7, 11) is 0. The lowest BCUT2D eigenvalue weighted by Gasteiger charge is -2.35. The maximum Gasteiger partial charge on any atom is 0.317 e. The van der Waals surface area contributed by atoms with Gasteiger partial charge in [0.05, 0.1) is 11.9 Å². The van der Waals surface area contributed by atoms with Gasteiger partial charge in [0, 0.05) is 38.3 Å². The summed E-state index contributed by atoms with van der Waals surface area (Å²) in [6, 6.07) is 17.5. The quantitative estimate of drug-likeness (QED) is 0.585. The maximum absolute atomic E-state index is 13.7. The average molecular weight is 462 g/mol. The van der Waals surface area contributed by atoms with Gasteiger partial charge in [0.25, 0.3) is 5.91 Å². The van der Waals surface area contributed by atoms with Crippen LogP contribution in [-0.2, 0) is 6.42 Å². The summed E-state index contributed by atoms with van der Waals surface area (Å²) < 4.78 is 13.7. The van der Waals surface area contributed by atoms with E-state index in [2.05, 4.69) is 20.5 Å². The number of piperazine rings is 1. The van der Waals surface area contributed by atoms with Gasteiger partial charge in [-0.2, -0.15) is 0 Å². The highest BCUT2D eigenvalue weighted by atomic mass is 19.1. The number of pyridine rings is 1. The van der Waals surface area contributed by atoms with Gasteiger partial charge in [-0.05, 0) is 49.2 Å². The fourth-order valence-corrected chi connectivity index (χ4v) is 3.81. The first kappa shape index (κ1) is 23.2. The zero-order valence-corrected chi connectivity index (χ0v) is 19.1. The number of hydrogen-bond acceptors (Lipinski definition) is 4. The predicted molar refractivity (Wildman–Crippen MR) is 131 cm³/mol. The maximum atomic E-state index is 13.7. The molecule has 0 atom stereocenters. The summed E-state index contributed by atoms with van der Waals surface area (Å²) in [4.78, 5) is 33.2. The SMILES string of the molecule is Cc1ccc(C(=O)Nc2ccc(N3CCN(C(=O)NCCc4ccccc4F)CC3)nc2)cc1. The molecule has 1 aliphatic heterocycles. The van der Waals surface area contributed by atoms with Crippen molar-refractivity contribution in [2.24, 2.45) is 0 Å². The van der Waals surface area contributed by atoms with Crippen LogP contribution in [0.25, 0.3) is 0 Å². The summed E-state index contributed by atoms with van der Waals surface area (Å²) in [6.07, 6.45) is 2.10. The van der Waals surface area contributed by atoms with Gasteiger partial charge in [-0.25, -0.2) is 14.2 Å². The molecule has 0 bridgehead atoms. The fraction of sp³-hybridized carbons (Fsp3) is 0.269. The first-order valence-corrected chi connectivity index (χ1v) is 11.3. The average Bonchev–Trinajstić information content (AvgIpc) is 2.86. The highest BCUT2D eigenvalue weighted by molar-refractivity contribution is 6.04. The van der Waals surface area contributed by atoms with Crippen molar-refractivity contribution in [3.8, 4) is 0 Å². The highest BCUT2D eigenvalue weighted by Crippen LogP contribution is 2.17. The molecule has 0 saturated carbocycles. The number of benzene rings is 2. The molecule has 3 aromatic rings.